The van der Waals surface area contributed by atoms with E-state index in [9.17, 15) is 8.42 Å². The van der Waals surface area contributed by atoms with Gasteiger partial charge in [-0.1, -0.05) is 0 Å². The van der Waals surface area contributed by atoms with Gasteiger partial charge in [-0.15, -0.1) is 0 Å². The molecule has 80 valence electrons. The van der Waals surface area contributed by atoms with Crippen molar-refractivity contribution in [1.82, 2.24) is 0 Å². The van der Waals surface area contributed by atoms with Gasteiger partial charge in [0.2, 0.25) is 6.35 Å². The Kier molecular flexibility index (Phi) is 3.27. The van der Waals surface area contributed by atoms with Crippen LogP contribution in [0, 0.1) is 0 Å². The summed E-state index contributed by atoms with van der Waals surface area (Å²) in [5, 5.41) is 0. The number of hydrogen-bond donors (Lipinski definition) is 3. The maximum absolute atomic E-state index is 10.7. The second-order valence-corrected chi connectivity index (χ2v) is 4.30. The summed E-state index contributed by atoms with van der Waals surface area (Å²) in [6.45, 7) is 0. The van der Waals surface area contributed by atoms with Gasteiger partial charge >= 0.3 is 0 Å². The average Bonchev–Trinajstić information content (AvgIpc) is 2.02. The second kappa shape index (κ2) is 4.09. The maximum Gasteiger partial charge on any atom is 0.290 e. The molecule has 0 heterocycles. The minimum absolute atomic E-state index is 0.0320. The number of rotatable bonds is 3. The third kappa shape index (κ3) is 3.11. The molecule has 0 saturated heterocycles. The highest BCUT2D eigenvalue weighted by Crippen LogP contribution is 2.22. The summed E-state index contributed by atoms with van der Waals surface area (Å²) in [5.74, 6) is 0.507. The SMILES string of the molecule is NC(N)OC1=CC=C(S(=O)(=O)O)CC1. The zero-order valence-electron chi connectivity index (χ0n) is 7.38. The third-order valence-electron chi connectivity index (χ3n) is 1.69. The van der Waals surface area contributed by atoms with Crippen LogP contribution >= 0.6 is 0 Å². The van der Waals surface area contributed by atoms with Crippen LogP contribution in [-0.4, -0.2) is 19.3 Å². The first kappa shape index (κ1) is 11.2. The van der Waals surface area contributed by atoms with Crippen molar-refractivity contribution in [2.24, 2.45) is 11.5 Å². The summed E-state index contributed by atoms with van der Waals surface area (Å²) in [7, 11) is -4.08. The molecule has 0 atom stereocenters. The average molecular weight is 220 g/mol. The highest BCUT2D eigenvalue weighted by molar-refractivity contribution is 7.89. The van der Waals surface area contributed by atoms with E-state index in [2.05, 4.69) is 0 Å². The molecule has 0 aliphatic heterocycles. The first-order valence-electron chi connectivity index (χ1n) is 3.94. The first-order valence-corrected chi connectivity index (χ1v) is 5.38. The molecule has 0 aromatic rings. The zero-order valence-corrected chi connectivity index (χ0v) is 8.20. The van der Waals surface area contributed by atoms with Crippen molar-refractivity contribution in [1.29, 1.82) is 0 Å². The van der Waals surface area contributed by atoms with E-state index in [1.165, 1.54) is 12.2 Å². The molecule has 6 nitrogen and oxygen atoms in total. The van der Waals surface area contributed by atoms with E-state index in [1.54, 1.807) is 0 Å². The molecule has 7 heteroatoms. The van der Waals surface area contributed by atoms with Gasteiger partial charge in [0.1, 0.15) is 5.76 Å². The van der Waals surface area contributed by atoms with Crippen LogP contribution in [0.3, 0.4) is 0 Å². The highest BCUT2D eigenvalue weighted by atomic mass is 32.2. The van der Waals surface area contributed by atoms with Crippen molar-refractivity contribution in [2.75, 3.05) is 0 Å². The van der Waals surface area contributed by atoms with Crippen LogP contribution in [0.4, 0.5) is 0 Å². The van der Waals surface area contributed by atoms with Crippen molar-refractivity contribution in [3.63, 3.8) is 0 Å². The molecule has 0 unspecified atom stereocenters. The lowest BCUT2D eigenvalue weighted by Crippen LogP contribution is -2.33. The quantitative estimate of drug-likeness (QED) is 0.442. The Morgan fingerprint density at radius 3 is 2.36 bits per heavy atom. The Morgan fingerprint density at radius 1 is 1.36 bits per heavy atom. The fourth-order valence-corrected chi connectivity index (χ4v) is 1.69. The number of ether oxygens (including phenoxy) is 1. The van der Waals surface area contributed by atoms with E-state index in [0.717, 1.165) is 0 Å². The van der Waals surface area contributed by atoms with Crippen LogP contribution in [0.25, 0.3) is 0 Å². The molecule has 0 saturated carbocycles. The number of hydrogen-bond acceptors (Lipinski definition) is 5. The Hall–Kier alpha value is -0.890. The van der Waals surface area contributed by atoms with Crippen molar-refractivity contribution in [3.05, 3.63) is 22.8 Å². The van der Waals surface area contributed by atoms with Gasteiger partial charge in [-0.2, -0.15) is 8.42 Å². The van der Waals surface area contributed by atoms with E-state index in [4.69, 9.17) is 20.8 Å². The van der Waals surface area contributed by atoms with Gasteiger partial charge in [0, 0.05) is 6.42 Å². The van der Waals surface area contributed by atoms with Gasteiger partial charge in [0.25, 0.3) is 10.1 Å². The molecule has 0 fully saturated rings. The zero-order chi connectivity index (χ0) is 10.8. The van der Waals surface area contributed by atoms with Crippen molar-refractivity contribution >= 4 is 10.1 Å². The fourth-order valence-electron chi connectivity index (χ4n) is 1.09. The standard InChI is InChI=1S/C7H12N2O4S/c8-7(9)13-5-1-3-6(4-2-5)14(10,11)12/h1,3,7H,2,4,8-9H2,(H,10,11,12). The lowest BCUT2D eigenvalue weighted by molar-refractivity contribution is 0.120. The molecule has 0 bridgehead atoms. The third-order valence-corrected chi connectivity index (χ3v) is 2.69. The molecule has 5 N–H and O–H groups in total. The Morgan fingerprint density at radius 2 is 2.00 bits per heavy atom. The first-order chi connectivity index (χ1) is 6.39. The lowest BCUT2D eigenvalue weighted by Gasteiger charge is -2.16. The predicted octanol–water partition coefficient (Wildman–Crippen LogP) is -0.347. The molecule has 0 amide bonds. The van der Waals surface area contributed by atoms with E-state index in [1.807, 2.05) is 0 Å². The molecule has 0 aromatic carbocycles. The predicted molar refractivity (Wildman–Crippen MR) is 50.2 cm³/mol. The molecular formula is C7H12N2O4S. The molecular weight excluding hydrogens is 208 g/mol. The van der Waals surface area contributed by atoms with E-state index in [-0.39, 0.29) is 11.3 Å². The summed E-state index contributed by atoms with van der Waals surface area (Å²) in [4.78, 5) is -0.0320. The van der Waals surface area contributed by atoms with Crippen molar-refractivity contribution < 1.29 is 17.7 Å². The van der Waals surface area contributed by atoms with Crippen molar-refractivity contribution in [3.8, 4) is 0 Å². The minimum atomic E-state index is -4.08. The van der Waals surface area contributed by atoms with Gasteiger partial charge in [-0.05, 0) is 18.6 Å². The van der Waals surface area contributed by atoms with Crippen LogP contribution in [0.5, 0.6) is 0 Å². The van der Waals surface area contributed by atoms with Crippen LogP contribution in [0.2, 0.25) is 0 Å². The monoisotopic (exact) mass is 220 g/mol. The topological polar surface area (TPSA) is 116 Å². The van der Waals surface area contributed by atoms with Crippen LogP contribution in [0.15, 0.2) is 22.8 Å². The molecule has 14 heavy (non-hydrogen) atoms. The molecule has 1 aliphatic carbocycles. The largest absolute Gasteiger partial charge is 0.467 e. The summed E-state index contributed by atoms with van der Waals surface area (Å²) in [6.07, 6.45) is 2.34. The van der Waals surface area contributed by atoms with Crippen LogP contribution in [0.1, 0.15) is 12.8 Å². The maximum atomic E-state index is 10.7. The Labute approximate surface area is 82.0 Å². The molecule has 1 rings (SSSR count). The van der Waals surface area contributed by atoms with Gasteiger partial charge < -0.3 is 4.74 Å². The summed E-state index contributed by atoms with van der Waals surface area (Å²) in [5.41, 5.74) is 10.3. The molecule has 0 spiro atoms. The van der Waals surface area contributed by atoms with Gasteiger partial charge in [-0.25, -0.2) is 0 Å². The molecule has 1 aliphatic rings. The Balaban J connectivity index is 2.74. The van der Waals surface area contributed by atoms with Gasteiger partial charge in [0.15, 0.2) is 0 Å². The van der Waals surface area contributed by atoms with E-state index < -0.39 is 16.5 Å². The fraction of sp³-hybridized carbons (Fsp3) is 0.429. The smallest absolute Gasteiger partial charge is 0.290 e. The Bertz CT molecular complexity index is 369. The van der Waals surface area contributed by atoms with Gasteiger partial charge in [0.05, 0.1) is 4.91 Å². The highest BCUT2D eigenvalue weighted by Gasteiger charge is 2.17. The summed E-state index contributed by atoms with van der Waals surface area (Å²) in [6, 6.07) is 0. The normalized spacial score (nSPS) is 17.7. The second-order valence-electron chi connectivity index (χ2n) is 2.82. The minimum Gasteiger partial charge on any atom is -0.467 e. The molecule has 0 radical (unpaired) electrons. The number of nitrogens with two attached hydrogens (primary N) is 2. The van der Waals surface area contributed by atoms with Crippen LogP contribution in [-0.2, 0) is 14.9 Å². The lowest BCUT2D eigenvalue weighted by atomic mass is 10.1. The molecule has 0 aromatic heterocycles. The van der Waals surface area contributed by atoms with Crippen LogP contribution < -0.4 is 11.5 Å². The summed E-state index contributed by atoms with van der Waals surface area (Å²) >= 11 is 0. The van der Waals surface area contributed by atoms with E-state index >= 15 is 0 Å². The van der Waals surface area contributed by atoms with Gasteiger partial charge in [-0.3, -0.25) is 16.0 Å². The summed E-state index contributed by atoms with van der Waals surface area (Å²) < 4.78 is 35.0. The number of allylic oxidation sites excluding steroid dienone is 4. The van der Waals surface area contributed by atoms with E-state index in [0.29, 0.717) is 12.2 Å². The van der Waals surface area contributed by atoms with Crippen molar-refractivity contribution in [2.45, 2.75) is 19.2 Å².